The molecule has 0 radical (unpaired) electrons. The number of carbonyl (C=O) groups is 2. The average Bonchev–Trinajstić information content (AvgIpc) is 3.13. The van der Waals surface area contributed by atoms with Crippen molar-refractivity contribution >= 4 is 33.3 Å². The first-order valence-electron chi connectivity index (χ1n) is 17.7. The smallest absolute Gasteiger partial charge is 0.262 e. The molecule has 2 rings (SSSR count). The standard InChI is InChI=1S/C37H59N7O8S/c1-25(2)33(35(46)43-49)44(53(50,51)32-16-14-31(52-9)15-17-32)24-29-10-12-30(13-11-29)34(45)38-21-18-28(19-22-39-36(5,6)26(3)41-47)20-23-40-37(7,8)27(4)42-48/h10-17,25,28,33,39-40,47-49H,18-24H2,1-9H3,(H,38,45)(H,43,46). The number of oxime groups is 2. The number of hydrogen-bond donors (Lipinski definition) is 7. The third kappa shape index (κ3) is 13.1. The summed E-state index contributed by atoms with van der Waals surface area (Å²) >= 11 is 0. The van der Waals surface area contributed by atoms with E-state index in [1.165, 1.54) is 31.4 Å². The molecule has 0 fully saturated rings. The summed E-state index contributed by atoms with van der Waals surface area (Å²) in [4.78, 5) is 25.9. The highest BCUT2D eigenvalue weighted by Crippen LogP contribution is 2.27. The molecule has 1 unspecified atom stereocenters. The molecular weight excluding hydrogens is 703 g/mol. The number of sulfonamides is 1. The molecule has 0 aliphatic heterocycles. The highest BCUT2D eigenvalue weighted by molar-refractivity contribution is 7.89. The topological polar surface area (TPSA) is 214 Å². The first-order chi connectivity index (χ1) is 24.8. The predicted molar refractivity (Wildman–Crippen MR) is 204 cm³/mol. The zero-order valence-corrected chi connectivity index (χ0v) is 33.2. The summed E-state index contributed by atoms with van der Waals surface area (Å²) < 4.78 is 34.0. The molecule has 7 N–H and O–H groups in total. The second-order valence-corrected chi connectivity index (χ2v) is 16.4. The van der Waals surface area contributed by atoms with E-state index in [4.69, 9.17) is 4.74 Å². The first kappa shape index (κ1) is 45.1. The lowest BCUT2D eigenvalue weighted by Crippen LogP contribution is -2.51. The van der Waals surface area contributed by atoms with Crippen LogP contribution in [0.3, 0.4) is 0 Å². The maximum Gasteiger partial charge on any atom is 0.262 e. The normalized spacial score (nSPS) is 14.3. The second-order valence-electron chi connectivity index (χ2n) is 14.5. The quantitative estimate of drug-likeness (QED) is 0.0390. The molecule has 2 aromatic rings. The van der Waals surface area contributed by atoms with E-state index in [-0.39, 0.29) is 23.3 Å². The van der Waals surface area contributed by atoms with Gasteiger partial charge in [-0.25, -0.2) is 13.9 Å². The Hall–Kier alpha value is -4.09. The molecule has 0 bridgehead atoms. The molecule has 16 heteroatoms. The number of methoxy groups -OCH3 is 1. The van der Waals surface area contributed by atoms with Crippen LogP contribution in [-0.4, -0.2) is 95.4 Å². The van der Waals surface area contributed by atoms with Crippen molar-refractivity contribution in [2.24, 2.45) is 22.1 Å². The molecule has 2 aromatic carbocycles. The molecule has 0 spiro atoms. The summed E-state index contributed by atoms with van der Waals surface area (Å²) in [5, 5.41) is 44.5. The minimum Gasteiger partial charge on any atom is -0.497 e. The van der Waals surface area contributed by atoms with E-state index in [1.807, 2.05) is 27.7 Å². The largest absolute Gasteiger partial charge is 0.497 e. The molecule has 53 heavy (non-hydrogen) atoms. The van der Waals surface area contributed by atoms with Crippen molar-refractivity contribution in [3.05, 3.63) is 59.7 Å². The van der Waals surface area contributed by atoms with Crippen LogP contribution in [0.4, 0.5) is 0 Å². The Morgan fingerprint density at radius 2 is 1.32 bits per heavy atom. The van der Waals surface area contributed by atoms with Crippen LogP contribution in [0, 0.1) is 11.8 Å². The number of hydroxylamine groups is 1. The van der Waals surface area contributed by atoms with Crippen LogP contribution in [0.25, 0.3) is 0 Å². The molecule has 15 nitrogen and oxygen atoms in total. The van der Waals surface area contributed by atoms with Crippen LogP contribution in [0.1, 0.15) is 90.6 Å². The summed E-state index contributed by atoms with van der Waals surface area (Å²) in [6, 6.07) is 11.1. The molecule has 1 atom stereocenters. The average molecular weight is 762 g/mol. The Kier molecular flexibility index (Phi) is 17.3. The van der Waals surface area contributed by atoms with E-state index < -0.39 is 39.0 Å². The van der Waals surface area contributed by atoms with Crippen LogP contribution in [-0.2, 0) is 21.4 Å². The van der Waals surface area contributed by atoms with Crippen LogP contribution in [0.5, 0.6) is 5.75 Å². The van der Waals surface area contributed by atoms with Gasteiger partial charge in [0.2, 0.25) is 10.0 Å². The van der Waals surface area contributed by atoms with E-state index in [2.05, 4.69) is 26.3 Å². The molecule has 0 saturated heterocycles. The monoisotopic (exact) mass is 761 g/mol. The maximum absolute atomic E-state index is 13.9. The summed E-state index contributed by atoms with van der Waals surface area (Å²) in [5.41, 5.74) is 2.66. The summed E-state index contributed by atoms with van der Waals surface area (Å²) in [6.45, 7) is 16.2. The maximum atomic E-state index is 13.9. The number of benzene rings is 2. The molecule has 0 heterocycles. The zero-order valence-electron chi connectivity index (χ0n) is 32.4. The van der Waals surface area contributed by atoms with Crippen LogP contribution < -0.4 is 26.2 Å². The van der Waals surface area contributed by atoms with Gasteiger partial charge in [-0.1, -0.05) is 36.3 Å². The predicted octanol–water partition coefficient (Wildman–Crippen LogP) is 4.37. The van der Waals surface area contributed by atoms with Gasteiger partial charge < -0.3 is 31.1 Å². The highest BCUT2D eigenvalue weighted by Gasteiger charge is 2.38. The molecule has 296 valence electrons. The zero-order chi connectivity index (χ0) is 40.0. The van der Waals surface area contributed by atoms with Gasteiger partial charge in [-0.3, -0.25) is 14.8 Å². The van der Waals surface area contributed by atoms with Gasteiger partial charge >= 0.3 is 0 Å². The summed E-state index contributed by atoms with van der Waals surface area (Å²) in [5.74, 6) is -0.972. The van der Waals surface area contributed by atoms with Crippen molar-refractivity contribution in [3.8, 4) is 5.75 Å². The van der Waals surface area contributed by atoms with Gasteiger partial charge in [0.15, 0.2) is 0 Å². The Bertz CT molecular complexity index is 1610. The fraction of sp³-hybridized carbons (Fsp3) is 0.568. The van der Waals surface area contributed by atoms with Gasteiger partial charge in [-0.15, -0.1) is 0 Å². The minimum absolute atomic E-state index is 0.0498. The number of rotatable bonds is 22. The Morgan fingerprint density at radius 3 is 1.75 bits per heavy atom. The van der Waals surface area contributed by atoms with Crippen LogP contribution in [0.2, 0.25) is 0 Å². The van der Waals surface area contributed by atoms with E-state index in [9.17, 15) is 33.6 Å². The van der Waals surface area contributed by atoms with E-state index in [1.54, 1.807) is 57.4 Å². The number of amides is 2. The Morgan fingerprint density at radius 1 is 0.830 bits per heavy atom. The SMILES string of the molecule is COc1ccc(S(=O)(=O)N(Cc2ccc(C(=O)NCCC(CCNC(C)(C)C(C)=NO)CCNC(C)(C)C(C)=NO)cc2)C(C(=O)NO)C(C)C)cc1. The molecule has 0 aliphatic carbocycles. The fourth-order valence-corrected chi connectivity index (χ4v) is 7.31. The van der Waals surface area contributed by atoms with Gasteiger partial charge in [-0.05, 0) is 128 Å². The molecule has 0 aliphatic rings. The van der Waals surface area contributed by atoms with Crippen molar-refractivity contribution < 1.29 is 38.4 Å². The molecule has 0 aromatic heterocycles. The van der Waals surface area contributed by atoms with E-state index in [0.29, 0.717) is 54.4 Å². The lowest BCUT2D eigenvalue weighted by atomic mass is 9.94. The summed E-state index contributed by atoms with van der Waals surface area (Å²) in [6.07, 6.45) is 2.28. The molecule has 0 saturated carbocycles. The van der Waals surface area contributed by atoms with Crippen molar-refractivity contribution in [2.45, 2.75) is 103 Å². The van der Waals surface area contributed by atoms with Crippen molar-refractivity contribution in [2.75, 3.05) is 26.7 Å². The molecule has 2 amide bonds. The van der Waals surface area contributed by atoms with E-state index in [0.717, 1.165) is 17.1 Å². The van der Waals surface area contributed by atoms with Gasteiger partial charge in [0, 0.05) is 18.7 Å². The second kappa shape index (κ2) is 20.4. The third-order valence-electron chi connectivity index (χ3n) is 9.73. The summed E-state index contributed by atoms with van der Waals surface area (Å²) in [7, 11) is -2.76. The van der Waals surface area contributed by atoms with Gasteiger partial charge in [0.1, 0.15) is 11.8 Å². The Balaban J connectivity index is 2.18. The third-order valence-corrected chi connectivity index (χ3v) is 11.6. The van der Waals surface area contributed by atoms with Crippen LogP contribution in [0.15, 0.2) is 63.7 Å². The lowest BCUT2D eigenvalue weighted by molar-refractivity contribution is -0.134. The van der Waals surface area contributed by atoms with Crippen molar-refractivity contribution in [1.82, 2.24) is 25.7 Å². The lowest BCUT2D eigenvalue weighted by Gasteiger charge is -2.32. The van der Waals surface area contributed by atoms with E-state index >= 15 is 0 Å². The number of carbonyl (C=O) groups excluding carboxylic acids is 2. The number of nitrogens with zero attached hydrogens (tertiary/aromatic N) is 3. The first-order valence-corrected chi connectivity index (χ1v) is 19.1. The van der Waals surface area contributed by atoms with Crippen molar-refractivity contribution in [3.63, 3.8) is 0 Å². The number of ether oxygens (including phenoxy) is 1. The van der Waals surface area contributed by atoms with Gasteiger partial charge in [0.05, 0.1) is 34.5 Å². The highest BCUT2D eigenvalue weighted by atomic mass is 32.2. The number of hydrogen-bond acceptors (Lipinski definition) is 12. The van der Waals surface area contributed by atoms with Gasteiger partial charge in [0.25, 0.3) is 11.8 Å². The van der Waals surface area contributed by atoms with Crippen LogP contribution >= 0.6 is 0 Å². The Labute approximate surface area is 314 Å². The van der Waals surface area contributed by atoms with Crippen molar-refractivity contribution in [1.29, 1.82) is 0 Å². The van der Waals surface area contributed by atoms with Gasteiger partial charge in [-0.2, -0.15) is 4.31 Å². The fourth-order valence-electron chi connectivity index (χ4n) is 5.60. The number of nitrogens with one attached hydrogen (secondary N) is 4. The molecular formula is C37H59N7O8S. The minimum atomic E-state index is -4.23.